The molecule has 0 unspecified atom stereocenters. The van der Waals surface area contributed by atoms with E-state index in [1.165, 1.54) is 16.7 Å². The van der Waals surface area contributed by atoms with Crippen LogP contribution in [-0.4, -0.2) is 12.5 Å². The summed E-state index contributed by atoms with van der Waals surface area (Å²) < 4.78 is 0. The van der Waals surface area contributed by atoms with Gasteiger partial charge in [0.2, 0.25) is 5.91 Å². The fourth-order valence-electron chi connectivity index (χ4n) is 2.17. The van der Waals surface area contributed by atoms with Gasteiger partial charge in [0.1, 0.15) is 0 Å². The molecule has 110 valence electrons. The van der Waals surface area contributed by atoms with Crippen LogP contribution in [0.2, 0.25) is 0 Å². The van der Waals surface area contributed by atoms with E-state index in [0.717, 1.165) is 12.1 Å². The number of anilines is 1. The van der Waals surface area contributed by atoms with Crippen LogP contribution in [0.3, 0.4) is 0 Å². The molecule has 0 aliphatic rings. The van der Waals surface area contributed by atoms with E-state index in [-0.39, 0.29) is 5.91 Å². The summed E-state index contributed by atoms with van der Waals surface area (Å²) in [5.74, 6) is -0.0214. The Labute approximate surface area is 126 Å². The van der Waals surface area contributed by atoms with Crippen molar-refractivity contribution in [1.29, 1.82) is 0 Å². The molecular weight excluding hydrogens is 260 g/mol. The van der Waals surface area contributed by atoms with E-state index in [1.807, 2.05) is 30.3 Å². The summed E-state index contributed by atoms with van der Waals surface area (Å²) in [5, 5.41) is 6.05. The maximum Gasteiger partial charge on any atom is 0.238 e. The summed E-state index contributed by atoms with van der Waals surface area (Å²) in [5.41, 5.74) is 4.53. The smallest absolute Gasteiger partial charge is 0.238 e. The lowest BCUT2D eigenvalue weighted by atomic mass is 10.1. The molecule has 0 bridgehead atoms. The molecule has 2 aromatic rings. The van der Waals surface area contributed by atoms with Crippen molar-refractivity contribution >= 4 is 11.6 Å². The van der Waals surface area contributed by atoms with E-state index in [2.05, 4.69) is 42.7 Å². The number of carbonyl (C=O) groups is 1. The molecule has 0 fully saturated rings. The minimum atomic E-state index is -0.0214. The van der Waals surface area contributed by atoms with E-state index in [9.17, 15) is 4.79 Å². The Morgan fingerprint density at radius 3 is 2.48 bits per heavy atom. The van der Waals surface area contributed by atoms with Gasteiger partial charge in [-0.15, -0.1) is 0 Å². The fourth-order valence-corrected chi connectivity index (χ4v) is 2.17. The minimum absolute atomic E-state index is 0.0214. The van der Waals surface area contributed by atoms with Crippen LogP contribution >= 0.6 is 0 Å². The molecule has 2 aromatic carbocycles. The van der Waals surface area contributed by atoms with Gasteiger partial charge in [-0.3, -0.25) is 4.79 Å². The van der Waals surface area contributed by atoms with Crippen molar-refractivity contribution in [2.75, 3.05) is 11.9 Å². The number of aryl methyl sites for hydroxylation is 2. The summed E-state index contributed by atoms with van der Waals surface area (Å²) in [7, 11) is 0. The van der Waals surface area contributed by atoms with Crippen molar-refractivity contribution in [3.8, 4) is 0 Å². The maximum atomic E-state index is 11.9. The van der Waals surface area contributed by atoms with Gasteiger partial charge in [0, 0.05) is 12.2 Å². The summed E-state index contributed by atoms with van der Waals surface area (Å²) >= 11 is 0. The van der Waals surface area contributed by atoms with Gasteiger partial charge >= 0.3 is 0 Å². The van der Waals surface area contributed by atoms with Crippen LogP contribution in [0.1, 0.15) is 23.6 Å². The molecule has 0 heterocycles. The highest BCUT2D eigenvalue weighted by atomic mass is 16.1. The van der Waals surface area contributed by atoms with Crippen molar-refractivity contribution in [3.63, 3.8) is 0 Å². The van der Waals surface area contributed by atoms with Crippen LogP contribution in [0.5, 0.6) is 0 Å². The third-order valence-electron chi connectivity index (χ3n) is 3.34. The van der Waals surface area contributed by atoms with Crippen molar-refractivity contribution in [2.45, 2.75) is 26.8 Å². The molecule has 1 amide bonds. The fraction of sp³-hybridized carbons (Fsp3) is 0.278. The van der Waals surface area contributed by atoms with Crippen LogP contribution in [0.15, 0.2) is 48.5 Å². The van der Waals surface area contributed by atoms with E-state index < -0.39 is 0 Å². The van der Waals surface area contributed by atoms with E-state index in [0.29, 0.717) is 13.1 Å². The first-order valence-electron chi connectivity index (χ1n) is 7.32. The topological polar surface area (TPSA) is 41.1 Å². The lowest BCUT2D eigenvalue weighted by Gasteiger charge is -2.08. The lowest BCUT2D eigenvalue weighted by Crippen LogP contribution is -2.27. The summed E-state index contributed by atoms with van der Waals surface area (Å²) in [6.45, 7) is 5.19. The highest BCUT2D eigenvalue weighted by Gasteiger charge is 2.02. The minimum Gasteiger partial charge on any atom is -0.325 e. The molecule has 0 aromatic heterocycles. The molecule has 0 saturated heterocycles. The molecule has 3 heteroatoms. The monoisotopic (exact) mass is 282 g/mol. The molecule has 0 atom stereocenters. The molecule has 21 heavy (non-hydrogen) atoms. The van der Waals surface area contributed by atoms with Crippen molar-refractivity contribution in [3.05, 3.63) is 65.2 Å². The van der Waals surface area contributed by atoms with Gasteiger partial charge in [-0.2, -0.15) is 0 Å². The van der Waals surface area contributed by atoms with Crippen molar-refractivity contribution in [1.82, 2.24) is 5.32 Å². The Morgan fingerprint density at radius 1 is 1.05 bits per heavy atom. The number of benzene rings is 2. The van der Waals surface area contributed by atoms with E-state index in [1.54, 1.807) is 0 Å². The molecule has 0 saturated carbocycles. The third kappa shape index (κ3) is 5.04. The number of amides is 1. The van der Waals surface area contributed by atoms with Gasteiger partial charge < -0.3 is 10.6 Å². The van der Waals surface area contributed by atoms with E-state index >= 15 is 0 Å². The number of hydrogen-bond donors (Lipinski definition) is 2. The molecule has 0 spiro atoms. The van der Waals surface area contributed by atoms with E-state index in [4.69, 9.17) is 0 Å². The Kier molecular flexibility index (Phi) is 5.52. The largest absolute Gasteiger partial charge is 0.325 e. The first-order valence-corrected chi connectivity index (χ1v) is 7.32. The second kappa shape index (κ2) is 7.60. The predicted octanol–water partition coefficient (Wildman–Crippen LogP) is 3.29. The Bertz CT molecular complexity index is 590. The van der Waals surface area contributed by atoms with Gasteiger partial charge in [-0.25, -0.2) is 0 Å². The highest BCUT2D eigenvalue weighted by molar-refractivity contribution is 5.92. The molecule has 0 aliphatic carbocycles. The normalized spacial score (nSPS) is 10.4. The highest BCUT2D eigenvalue weighted by Crippen LogP contribution is 2.09. The van der Waals surface area contributed by atoms with Crippen LogP contribution in [-0.2, 0) is 17.8 Å². The molecule has 3 nitrogen and oxygen atoms in total. The SMILES string of the molecule is CCc1ccc(NC(=O)CNCc2cccc(C)c2)cc1. The Balaban J connectivity index is 1.76. The Hall–Kier alpha value is -2.13. The second-order valence-electron chi connectivity index (χ2n) is 5.19. The molecule has 2 rings (SSSR count). The van der Waals surface area contributed by atoms with Crippen LogP contribution in [0.4, 0.5) is 5.69 Å². The maximum absolute atomic E-state index is 11.9. The zero-order valence-electron chi connectivity index (χ0n) is 12.6. The Morgan fingerprint density at radius 2 is 1.81 bits per heavy atom. The van der Waals surface area contributed by atoms with Crippen LogP contribution in [0.25, 0.3) is 0 Å². The first kappa shape index (κ1) is 15.3. The average molecular weight is 282 g/mol. The van der Waals surface area contributed by atoms with Gasteiger partial charge in [-0.05, 0) is 36.6 Å². The van der Waals surface area contributed by atoms with Gasteiger partial charge in [0.05, 0.1) is 6.54 Å². The van der Waals surface area contributed by atoms with Crippen molar-refractivity contribution in [2.24, 2.45) is 0 Å². The molecule has 2 N–H and O–H groups in total. The lowest BCUT2D eigenvalue weighted by molar-refractivity contribution is -0.115. The number of rotatable bonds is 6. The van der Waals surface area contributed by atoms with Crippen LogP contribution < -0.4 is 10.6 Å². The first-order chi connectivity index (χ1) is 10.2. The average Bonchev–Trinajstić information content (AvgIpc) is 2.48. The zero-order valence-corrected chi connectivity index (χ0v) is 12.6. The molecule has 0 radical (unpaired) electrons. The quantitative estimate of drug-likeness (QED) is 0.853. The number of nitrogens with one attached hydrogen (secondary N) is 2. The molecular formula is C18H22N2O. The van der Waals surface area contributed by atoms with Gasteiger partial charge in [0.25, 0.3) is 0 Å². The summed E-state index contributed by atoms with van der Waals surface area (Å²) in [6, 6.07) is 16.2. The third-order valence-corrected chi connectivity index (χ3v) is 3.34. The standard InChI is InChI=1S/C18H22N2O/c1-3-15-7-9-17(10-8-15)20-18(21)13-19-12-16-6-4-5-14(2)11-16/h4-11,19H,3,12-13H2,1-2H3,(H,20,21). The zero-order chi connectivity index (χ0) is 15.1. The summed E-state index contributed by atoms with van der Waals surface area (Å²) in [6.07, 6.45) is 1.01. The van der Waals surface area contributed by atoms with Gasteiger partial charge in [-0.1, -0.05) is 48.9 Å². The number of carbonyl (C=O) groups excluding carboxylic acids is 1. The predicted molar refractivity (Wildman–Crippen MR) is 87.3 cm³/mol. The van der Waals surface area contributed by atoms with Crippen molar-refractivity contribution < 1.29 is 4.79 Å². The number of hydrogen-bond acceptors (Lipinski definition) is 2. The summed E-state index contributed by atoms with van der Waals surface area (Å²) in [4.78, 5) is 11.9. The van der Waals surface area contributed by atoms with Crippen LogP contribution in [0, 0.1) is 6.92 Å². The second-order valence-corrected chi connectivity index (χ2v) is 5.19. The van der Waals surface area contributed by atoms with Gasteiger partial charge in [0.15, 0.2) is 0 Å². The molecule has 0 aliphatic heterocycles.